The molecule has 2 aromatic heterocycles. The van der Waals surface area contributed by atoms with Crippen LogP contribution in [-0.4, -0.2) is 19.7 Å². The van der Waals surface area contributed by atoms with E-state index in [0.717, 1.165) is 23.8 Å². The quantitative estimate of drug-likeness (QED) is 0.791. The maximum atomic E-state index is 4.35. The number of nitrogens with zero attached hydrogens (tertiary/aromatic N) is 3. The molecule has 0 aliphatic carbocycles. The van der Waals surface area contributed by atoms with Gasteiger partial charge in [0, 0.05) is 25.5 Å². The summed E-state index contributed by atoms with van der Waals surface area (Å²) in [6, 6.07) is 2.06. The number of hydrogen-bond acceptors (Lipinski definition) is 3. The number of nitrogens with one attached hydrogen (secondary N) is 2. The Morgan fingerprint density at radius 2 is 2.40 bits per heavy atom. The molecule has 0 atom stereocenters. The highest BCUT2D eigenvalue weighted by molar-refractivity contribution is 5.37. The molecule has 2 heterocycles. The van der Waals surface area contributed by atoms with Crippen molar-refractivity contribution in [1.82, 2.24) is 19.7 Å². The van der Waals surface area contributed by atoms with Crippen molar-refractivity contribution in [2.75, 3.05) is 5.32 Å². The first-order chi connectivity index (χ1) is 7.29. The molecule has 0 aromatic carbocycles. The van der Waals surface area contributed by atoms with Crippen molar-refractivity contribution in [2.45, 2.75) is 19.9 Å². The fourth-order valence-electron chi connectivity index (χ4n) is 1.43. The average molecular weight is 205 g/mol. The molecule has 0 amide bonds. The minimum atomic E-state index is 0.690. The van der Waals surface area contributed by atoms with Crippen molar-refractivity contribution in [2.24, 2.45) is 7.05 Å². The number of anilines is 1. The molecule has 0 aliphatic heterocycles. The molecule has 5 nitrogen and oxygen atoms in total. The third-order valence-electron chi connectivity index (χ3n) is 2.28. The third-order valence-corrected chi connectivity index (χ3v) is 2.28. The van der Waals surface area contributed by atoms with Crippen molar-refractivity contribution < 1.29 is 0 Å². The Morgan fingerprint density at radius 3 is 3.00 bits per heavy atom. The Hall–Kier alpha value is -1.78. The highest BCUT2D eigenvalue weighted by Crippen LogP contribution is 2.10. The van der Waals surface area contributed by atoms with Crippen molar-refractivity contribution in [1.29, 1.82) is 0 Å². The van der Waals surface area contributed by atoms with Gasteiger partial charge in [0.05, 0.1) is 12.2 Å². The van der Waals surface area contributed by atoms with Gasteiger partial charge in [-0.15, -0.1) is 0 Å². The van der Waals surface area contributed by atoms with Crippen LogP contribution in [0.3, 0.4) is 0 Å². The van der Waals surface area contributed by atoms with Gasteiger partial charge in [0.1, 0.15) is 11.6 Å². The van der Waals surface area contributed by atoms with Gasteiger partial charge >= 0.3 is 0 Å². The number of rotatable bonds is 4. The van der Waals surface area contributed by atoms with Gasteiger partial charge in [-0.05, 0) is 6.42 Å². The topological polar surface area (TPSA) is 58.5 Å². The zero-order chi connectivity index (χ0) is 10.7. The molecule has 0 spiro atoms. The Labute approximate surface area is 88.5 Å². The summed E-state index contributed by atoms with van der Waals surface area (Å²) in [4.78, 5) is 7.18. The summed E-state index contributed by atoms with van der Waals surface area (Å²) < 4.78 is 1.85. The summed E-state index contributed by atoms with van der Waals surface area (Å²) in [5.74, 6) is 1.94. The largest absolute Gasteiger partial charge is 0.363 e. The average Bonchev–Trinajstić information content (AvgIpc) is 2.84. The molecule has 15 heavy (non-hydrogen) atoms. The first-order valence-electron chi connectivity index (χ1n) is 5.04. The van der Waals surface area contributed by atoms with Gasteiger partial charge in [0.2, 0.25) is 0 Å². The van der Waals surface area contributed by atoms with Gasteiger partial charge < -0.3 is 10.3 Å². The highest BCUT2D eigenvalue weighted by Gasteiger charge is 2.03. The summed E-state index contributed by atoms with van der Waals surface area (Å²) in [5.41, 5.74) is 1.10. The van der Waals surface area contributed by atoms with Gasteiger partial charge in [-0.2, -0.15) is 5.10 Å². The number of aromatic nitrogens is 4. The van der Waals surface area contributed by atoms with Crippen molar-refractivity contribution in [3.05, 3.63) is 30.0 Å². The number of imidazole rings is 1. The minimum absolute atomic E-state index is 0.690. The Bertz CT molecular complexity index is 415. The molecule has 2 rings (SSSR count). The summed E-state index contributed by atoms with van der Waals surface area (Å²) in [7, 11) is 1.93. The van der Waals surface area contributed by atoms with Crippen molar-refractivity contribution >= 4 is 5.82 Å². The fourth-order valence-corrected chi connectivity index (χ4v) is 1.43. The van der Waals surface area contributed by atoms with E-state index in [9.17, 15) is 0 Å². The van der Waals surface area contributed by atoms with Crippen LogP contribution in [0.5, 0.6) is 0 Å². The molecular formula is C10H15N5. The van der Waals surface area contributed by atoms with Crippen LogP contribution in [0.25, 0.3) is 0 Å². The van der Waals surface area contributed by atoms with Gasteiger partial charge in [-0.25, -0.2) is 4.98 Å². The molecule has 2 N–H and O–H groups in total. The lowest BCUT2D eigenvalue weighted by Crippen LogP contribution is -2.05. The van der Waals surface area contributed by atoms with Crippen LogP contribution in [0.2, 0.25) is 0 Å². The lowest BCUT2D eigenvalue weighted by molar-refractivity contribution is 0.746. The molecule has 0 radical (unpaired) electrons. The molecule has 0 bridgehead atoms. The monoisotopic (exact) mass is 205 g/mol. The predicted molar refractivity (Wildman–Crippen MR) is 58.5 cm³/mol. The molecule has 5 heteroatoms. The Balaban J connectivity index is 2.01. The normalized spacial score (nSPS) is 10.5. The van der Waals surface area contributed by atoms with Crippen LogP contribution < -0.4 is 5.32 Å². The van der Waals surface area contributed by atoms with Gasteiger partial charge in [-0.3, -0.25) is 4.68 Å². The molecule has 0 saturated heterocycles. The molecule has 2 aromatic rings. The van der Waals surface area contributed by atoms with Crippen LogP contribution in [0.1, 0.15) is 18.4 Å². The maximum absolute atomic E-state index is 4.35. The highest BCUT2D eigenvalue weighted by atomic mass is 15.3. The lowest BCUT2D eigenvalue weighted by atomic mass is 10.3. The van der Waals surface area contributed by atoms with E-state index in [1.54, 1.807) is 6.20 Å². The second-order valence-electron chi connectivity index (χ2n) is 3.39. The van der Waals surface area contributed by atoms with Crippen LogP contribution >= 0.6 is 0 Å². The molecule has 0 fully saturated rings. The van der Waals surface area contributed by atoms with Gasteiger partial charge in [0.15, 0.2) is 0 Å². The first kappa shape index (κ1) is 9.76. The molecule has 0 unspecified atom stereocenters. The third kappa shape index (κ3) is 2.18. The Kier molecular flexibility index (Phi) is 2.71. The van der Waals surface area contributed by atoms with Gasteiger partial charge in [-0.1, -0.05) is 6.92 Å². The molecular weight excluding hydrogens is 190 g/mol. The van der Waals surface area contributed by atoms with E-state index in [0.29, 0.717) is 6.54 Å². The van der Waals surface area contributed by atoms with Crippen LogP contribution in [0, 0.1) is 0 Å². The van der Waals surface area contributed by atoms with E-state index >= 15 is 0 Å². The van der Waals surface area contributed by atoms with Crippen LogP contribution in [0.4, 0.5) is 5.82 Å². The number of aryl methyl sites for hydroxylation is 2. The summed E-state index contributed by atoms with van der Waals surface area (Å²) >= 11 is 0. The van der Waals surface area contributed by atoms with Crippen molar-refractivity contribution in [3.63, 3.8) is 0 Å². The standard InChI is InChI=1S/C10H15N5/c1-3-8-6-10(15(2)14-8)13-7-9-11-4-5-12-9/h4-6,13H,3,7H2,1-2H3,(H,11,12). The minimum Gasteiger partial charge on any atom is -0.363 e. The molecule has 0 aliphatic rings. The lowest BCUT2D eigenvalue weighted by Gasteiger charge is -2.03. The number of hydrogen-bond donors (Lipinski definition) is 2. The summed E-state index contributed by atoms with van der Waals surface area (Å²) in [5, 5.41) is 7.63. The van der Waals surface area contributed by atoms with Gasteiger partial charge in [0.25, 0.3) is 0 Å². The molecule has 80 valence electrons. The summed E-state index contributed by atoms with van der Waals surface area (Å²) in [6.07, 6.45) is 4.52. The van der Waals surface area contributed by atoms with E-state index in [-0.39, 0.29) is 0 Å². The van der Waals surface area contributed by atoms with Crippen LogP contribution in [-0.2, 0) is 20.0 Å². The van der Waals surface area contributed by atoms with Crippen molar-refractivity contribution in [3.8, 4) is 0 Å². The fraction of sp³-hybridized carbons (Fsp3) is 0.400. The van der Waals surface area contributed by atoms with E-state index in [1.165, 1.54) is 0 Å². The SMILES string of the molecule is CCc1cc(NCc2ncc[nH]2)n(C)n1. The number of H-pyrrole nitrogens is 1. The molecule has 0 saturated carbocycles. The maximum Gasteiger partial charge on any atom is 0.125 e. The van der Waals surface area contributed by atoms with E-state index in [4.69, 9.17) is 0 Å². The van der Waals surface area contributed by atoms with Crippen LogP contribution in [0.15, 0.2) is 18.5 Å². The van der Waals surface area contributed by atoms with E-state index in [2.05, 4.69) is 33.4 Å². The smallest absolute Gasteiger partial charge is 0.125 e. The second-order valence-corrected chi connectivity index (χ2v) is 3.39. The second kappa shape index (κ2) is 4.16. The zero-order valence-electron chi connectivity index (χ0n) is 8.99. The predicted octanol–water partition coefficient (Wildman–Crippen LogP) is 1.32. The van der Waals surface area contributed by atoms with E-state index in [1.807, 2.05) is 17.9 Å². The number of aromatic amines is 1. The Morgan fingerprint density at radius 1 is 1.53 bits per heavy atom. The first-order valence-corrected chi connectivity index (χ1v) is 5.04. The van der Waals surface area contributed by atoms with E-state index < -0.39 is 0 Å². The summed E-state index contributed by atoms with van der Waals surface area (Å²) in [6.45, 7) is 2.79. The zero-order valence-corrected chi connectivity index (χ0v) is 8.99.